The standard InChI is InChI=1S/C9H13N5O/c1-9(2,3)14-8-12-6-5(7(15)13-8)10-4-11-6/h4H,1-3H3,(H3,10,11,12,13,14,15). The zero-order valence-electron chi connectivity index (χ0n) is 8.88. The number of imidazole rings is 1. The summed E-state index contributed by atoms with van der Waals surface area (Å²) in [6.07, 6.45) is 1.45. The van der Waals surface area contributed by atoms with Crippen molar-refractivity contribution in [3.63, 3.8) is 0 Å². The molecule has 0 saturated heterocycles. The van der Waals surface area contributed by atoms with Crippen molar-refractivity contribution in [2.75, 3.05) is 5.32 Å². The summed E-state index contributed by atoms with van der Waals surface area (Å²) in [5.41, 5.74) is 0.428. The Bertz CT molecular complexity index is 533. The fourth-order valence-electron chi connectivity index (χ4n) is 1.26. The topological polar surface area (TPSA) is 86.5 Å². The first kappa shape index (κ1) is 9.70. The smallest absolute Gasteiger partial charge is 0.280 e. The monoisotopic (exact) mass is 207 g/mol. The highest BCUT2D eigenvalue weighted by Crippen LogP contribution is 2.09. The first-order chi connectivity index (χ1) is 6.96. The number of H-pyrrole nitrogens is 2. The summed E-state index contributed by atoms with van der Waals surface area (Å²) in [5, 5.41) is 3.09. The van der Waals surface area contributed by atoms with E-state index in [0.717, 1.165) is 0 Å². The van der Waals surface area contributed by atoms with Crippen LogP contribution in [0.1, 0.15) is 20.8 Å². The van der Waals surface area contributed by atoms with Gasteiger partial charge in [0.15, 0.2) is 11.2 Å². The van der Waals surface area contributed by atoms with Crippen LogP contribution in [0.4, 0.5) is 5.95 Å². The van der Waals surface area contributed by atoms with Crippen molar-refractivity contribution in [1.82, 2.24) is 19.9 Å². The fraction of sp³-hybridized carbons (Fsp3) is 0.444. The van der Waals surface area contributed by atoms with Gasteiger partial charge in [-0.1, -0.05) is 0 Å². The lowest BCUT2D eigenvalue weighted by Gasteiger charge is -2.20. The second-order valence-electron chi connectivity index (χ2n) is 4.39. The maximum Gasteiger partial charge on any atom is 0.280 e. The Kier molecular flexibility index (Phi) is 1.99. The van der Waals surface area contributed by atoms with Gasteiger partial charge in [0, 0.05) is 5.54 Å². The van der Waals surface area contributed by atoms with Crippen molar-refractivity contribution in [2.45, 2.75) is 26.3 Å². The number of rotatable bonds is 1. The normalized spacial score (nSPS) is 11.9. The third-order valence-corrected chi connectivity index (χ3v) is 1.78. The molecule has 2 aromatic rings. The third-order valence-electron chi connectivity index (χ3n) is 1.78. The summed E-state index contributed by atoms with van der Waals surface area (Å²) >= 11 is 0. The van der Waals surface area contributed by atoms with Crippen molar-refractivity contribution in [2.24, 2.45) is 0 Å². The molecule has 6 nitrogen and oxygen atoms in total. The van der Waals surface area contributed by atoms with E-state index in [-0.39, 0.29) is 11.1 Å². The molecule has 0 aliphatic carbocycles. The summed E-state index contributed by atoms with van der Waals surface area (Å²) in [6, 6.07) is 0. The number of anilines is 1. The van der Waals surface area contributed by atoms with Gasteiger partial charge in [-0.25, -0.2) is 4.98 Å². The van der Waals surface area contributed by atoms with Crippen LogP contribution in [0.2, 0.25) is 0 Å². The van der Waals surface area contributed by atoms with Gasteiger partial charge in [-0.05, 0) is 20.8 Å². The molecule has 0 radical (unpaired) electrons. The molecule has 6 heteroatoms. The average Bonchev–Trinajstić information content (AvgIpc) is 2.48. The van der Waals surface area contributed by atoms with Gasteiger partial charge in [0.05, 0.1) is 6.33 Å². The highest BCUT2D eigenvalue weighted by Gasteiger charge is 2.12. The molecule has 0 fully saturated rings. The van der Waals surface area contributed by atoms with Gasteiger partial charge in [0.1, 0.15) is 0 Å². The number of hydrogen-bond acceptors (Lipinski definition) is 4. The summed E-state index contributed by atoms with van der Waals surface area (Å²) in [6.45, 7) is 5.97. The van der Waals surface area contributed by atoms with Crippen LogP contribution in [0.3, 0.4) is 0 Å². The van der Waals surface area contributed by atoms with Crippen LogP contribution in [0, 0.1) is 0 Å². The molecular formula is C9H13N5O. The SMILES string of the molecule is CC(C)(C)Nc1nc2[nH]cnc2c(=O)[nH]1. The number of nitrogens with zero attached hydrogens (tertiary/aromatic N) is 2. The Morgan fingerprint density at radius 3 is 2.80 bits per heavy atom. The van der Waals surface area contributed by atoms with E-state index >= 15 is 0 Å². The minimum atomic E-state index is -0.243. The molecule has 0 bridgehead atoms. The molecule has 15 heavy (non-hydrogen) atoms. The van der Waals surface area contributed by atoms with Crippen molar-refractivity contribution >= 4 is 17.1 Å². The summed E-state index contributed by atoms with van der Waals surface area (Å²) in [5.74, 6) is 0.448. The number of nitrogens with one attached hydrogen (secondary N) is 3. The van der Waals surface area contributed by atoms with Crippen LogP contribution >= 0.6 is 0 Å². The Morgan fingerprint density at radius 1 is 1.40 bits per heavy atom. The lowest BCUT2D eigenvalue weighted by molar-refractivity contribution is 0.626. The maximum atomic E-state index is 11.5. The van der Waals surface area contributed by atoms with Crippen LogP contribution in [0.5, 0.6) is 0 Å². The molecule has 0 aliphatic heterocycles. The number of aromatic amines is 2. The zero-order chi connectivity index (χ0) is 11.1. The number of fused-ring (bicyclic) bond motifs is 1. The molecule has 0 amide bonds. The molecule has 2 heterocycles. The molecule has 0 unspecified atom stereocenters. The van der Waals surface area contributed by atoms with Crippen LogP contribution < -0.4 is 10.9 Å². The largest absolute Gasteiger partial charge is 0.351 e. The van der Waals surface area contributed by atoms with Crippen LogP contribution in [-0.2, 0) is 0 Å². The van der Waals surface area contributed by atoms with Gasteiger partial charge in [0.25, 0.3) is 5.56 Å². The molecule has 0 saturated carbocycles. The second kappa shape index (κ2) is 3.08. The minimum Gasteiger partial charge on any atom is -0.351 e. The lowest BCUT2D eigenvalue weighted by Crippen LogP contribution is -2.28. The molecule has 0 aliphatic rings. The van der Waals surface area contributed by atoms with Gasteiger partial charge >= 0.3 is 0 Å². The van der Waals surface area contributed by atoms with Gasteiger partial charge in [0.2, 0.25) is 5.95 Å². The molecule has 0 aromatic carbocycles. The molecule has 0 atom stereocenters. The quantitative estimate of drug-likeness (QED) is 0.647. The summed E-state index contributed by atoms with van der Waals surface area (Å²) in [7, 11) is 0. The molecule has 3 N–H and O–H groups in total. The van der Waals surface area contributed by atoms with Crippen molar-refractivity contribution < 1.29 is 0 Å². The number of hydrogen-bond donors (Lipinski definition) is 3. The predicted octanol–water partition coefficient (Wildman–Crippen LogP) is 0.857. The van der Waals surface area contributed by atoms with E-state index in [2.05, 4.69) is 25.3 Å². The van der Waals surface area contributed by atoms with Crippen LogP contribution in [0.15, 0.2) is 11.1 Å². The van der Waals surface area contributed by atoms with Crippen molar-refractivity contribution in [3.05, 3.63) is 16.7 Å². The maximum absolute atomic E-state index is 11.5. The predicted molar refractivity (Wildman–Crippen MR) is 57.9 cm³/mol. The van der Waals surface area contributed by atoms with Crippen LogP contribution in [-0.4, -0.2) is 25.5 Å². The minimum absolute atomic E-state index is 0.149. The van der Waals surface area contributed by atoms with E-state index in [9.17, 15) is 4.79 Å². The van der Waals surface area contributed by atoms with Gasteiger partial charge in [-0.3, -0.25) is 9.78 Å². The van der Waals surface area contributed by atoms with Crippen LogP contribution in [0.25, 0.3) is 11.2 Å². The zero-order valence-corrected chi connectivity index (χ0v) is 8.88. The molecule has 0 spiro atoms. The lowest BCUT2D eigenvalue weighted by atomic mass is 10.1. The van der Waals surface area contributed by atoms with E-state index in [1.807, 2.05) is 20.8 Å². The fourth-order valence-corrected chi connectivity index (χ4v) is 1.26. The van der Waals surface area contributed by atoms with Crippen molar-refractivity contribution in [1.29, 1.82) is 0 Å². The van der Waals surface area contributed by atoms with E-state index in [4.69, 9.17) is 0 Å². The Balaban J connectivity index is 2.50. The molecule has 2 rings (SSSR count). The van der Waals surface area contributed by atoms with Crippen molar-refractivity contribution in [3.8, 4) is 0 Å². The van der Waals surface area contributed by atoms with E-state index in [0.29, 0.717) is 17.1 Å². The summed E-state index contributed by atoms with van der Waals surface area (Å²) in [4.78, 5) is 25.0. The molecule has 2 aromatic heterocycles. The second-order valence-corrected chi connectivity index (χ2v) is 4.39. The summed E-state index contributed by atoms with van der Waals surface area (Å²) < 4.78 is 0. The first-order valence-electron chi connectivity index (χ1n) is 4.67. The molecule has 80 valence electrons. The highest BCUT2D eigenvalue weighted by atomic mass is 16.1. The average molecular weight is 207 g/mol. The Morgan fingerprint density at radius 2 is 2.13 bits per heavy atom. The Hall–Kier alpha value is -1.85. The number of aromatic nitrogens is 4. The van der Waals surface area contributed by atoms with Gasteiger partial charge in [-0.2, -0.15) is 4.98 Å². The van der Waals surface area contributed by atoms with E-state index < -0.39 is 0 Å². The van der Waals surface area contributed by atoms with E-state index in [1.165, 1.54) is 6.33 Å². The van der Waals surface area contributed by atoms with E-state index in [1.54, 1.807) is 0 Å². The van der Waals surface area contributed by atoms with Gasteiger partial charge < -0.3 is 10.3 Å². The first-order valence-corrected chi connectivity index (χ1v) is 4.67. The van der Waals surface area contributed by atoms with Gasteiger partial charge in [-0.15, -0.1) is 0 Å². The Labute approximate surface area is 86.2 Å². The third kappa shape index (κ3) is 1.98. The molecular weight excluding hydrogens is 194 g/mol. The highest BCUT2D eigenvalue weighted by molar-refractivity contribution is 5.69.